The molecular weight excluding hydrogens is 581 g/mol. The summed E-state index contributed by atoms with van der Waals surface area (Å²) in [5.74, 6) is 1.33. The molecule has 3 aliphatic rings. The van der Waals surface area contributed by atoms with Crippen molar-refractivity contribution in [2.75, 3.05) is 55.8 Å². The number of nitrogens with one attached hydrogen (secondary N) is 2. The number of nitrogens with zero attached hydrogens (tertiary/aromatic N) is 4. The maximum absolute atomic E-state index is 13.2. The summed E-state index contributed by atoms with van der Waals surface area (Å²) in [6.07, 6.45) is 7.92. The van der Waals surface area contributed by atoms with E-state index in [0.29, 0.717) is 17.5 Å². The number of amides is 2. The summed E-state index contributed by atoms with van der Waals surface area (Å²) in [5.41, 5.74) is 4.69. The zero-order valence-electron chi connectivity index (χ0n) is 27.0. The van der Waals surface area contributed by atoms with E-state index in [2.05, 4.69) is 62.7 Å². The lowest BCUT2D eigenvalue weighted by Gasteiger charge is -2.38. The van der Waals surface area contributed by atoms with E-state index in [9.17, 15) is 9.59 Å². The summed E-state index contributed by atoms with van der Waals surface area (Å²) in [6.45, 7) is 9.21. The summed E-state index contributed by atoms with van der Waals surface area (Å²) in [7, 11) is 2.17. The Balaban J connectivity index is 1.05. The molecule has 2 saturated heterocycles. The van der Waals surface area contributed by atoms with E-state index in [1.54, 1.807) is 18.0 Å². The van der Waals surface area contributed by atoms with Crippen LogP contribution in [0.15, 0.2) is 65.7 Å². The number of pyridine rings is 1. The number of thioether (sulfide) groups is 1. The molecule has 2 aliphatic heterocycles. The zero-order valence-corrected chi connectivity index (χ0v) is 27.8. The summed E-state index contributed by atoms with van der Waals surface area (Å²) in [4.78, 5) is 39.4. The average Bonchev–Trinajstić information content (AvgIpc) is 3.48. The molecule has 3 fully saturated rings. The first-order valence-electron chi connectivity index (χ1n) is 16.3. The fourth-order valence-corrected chi connectivity index (χ4v) is 7.95. The van der Waals surface area contributed by atoms with Crippen LogP contribution in [0.1, 0.15) is 70.5 Å². The molecule has 1 aliphatic carbocycles. The van der Waals surface area contributed by atoms with Gasteiger partial charge >= 0.3 is 0 Å². The molecule has 3 unspecified atom stereocenters. The number of hydrogen-bond acceptors (Lipinski definition) is 7. The number of anilines is 2. The van der Waals surface area contributed by atoms with Gasteiger partial charge in [0.1, 0.15) is 5.82 Å². The minimum Gasteiger partial charge on any atom is -0.369 e. The molecule has 1 saturated carbocycles. The quantitative estimate of drug-likeness (QED) is 0.318. The Kier molecular flexibility index (Phi) is 9.66. The molecule has 0 spiro atoms. The maximum atomic E-state index is 13.2. The van der Waals surface area contributed by atoms with Crippen molar-refractivity contribution in [1.29, 1.82) is 0 Å². The maximum Gasteiger partial charge on any atom is 0.253 e. The molecule has 3 aromatic rings. The SMILES string of the molecule is CSc1cccc(C(=O)NC2CC3CCCN(c4ccc(C(=O)N[C@@H](C)c5ccc(N6CCN(C)CC6)cc5)cn4)C3C2)c1C. The first kappa shape index (κ1) is 31.4. The topological polar surface area (TPSA) is 80.8 Å². The van der Waals surface area contributed by atoms with E-state index in [4.69, 9.17) is 4.98 Å². The number of likely N-dealkylation sites (N-methyl/N-ethyl adjacent to an activating group) is 1. The van der Waals surface area contributed by atoms with Crippen LogP contribution in [0.5, 0.6) is 0 Å². The smallest absolute Gasteiger partial charge is 0.253 e. The lowest BCUT2D eigenvalue weighted by Crippen LogP contribution is -2.44. The van der Waals surface area contributed by atoms with Crippen molar-refractivity contribution in [3.8, 4) is 0 Å². The summed E-state index contributed by atoms with van der Waals surface area (Å²) < 4.78 is 0. The molecule has 45 heavy (non-hydrogen) atoms. The summed E-state index contributed by atoms with van der Waals surface area (Å²) in [6, 6.07) is 18.8. The number of rotatable bonds is 8. The number of fused-ring (bicyclic) bond motifs is 1. The number of aromatic nitrogens is 1. The van der Waals surface area contributed by atoms with Gasteiger partial charge in [-0.15, -0.1) is 11.8 Å². The number of carbonyl (C=O) groups excluding carboxylic acids is 2. The highest BCUT2D eigenvalue weighted by molar-refractivity contribution is 7.98. The fraction of sp³-hybridized carbons (Fsp3) is 0.472. The lowest BCUT2D eigenvalue weighted by atomic mass is 9.92. The van der Waals surface area contributed by atoms with E-state index < -0.39 is 0 Å². The molecule has 6 rings (SSSR count). The molecule has 9 heteroatoms. The largest absolute Gasteiger partial charge is 0.369 e. The number of carbonyl (C=O) groups is 2. The average molecular weight is 627 g/mol. The highest BCUT2D eigenvalue weighted by Crippen LogP contribution is 2.39. The molecule has 2 aromatic carbocycles. The van der Waals surface area contributed by atoms with Crippen LogP contribution in [0, 0.1) is 12.8 Å². The third-order valence-electron chi connectivity index (χ3n) is 10.0. The Labute approximate surface area is 272 Å². The molecular formula is C36H46N6O2S. The molecule has 238 valence electrons. The summed E-state index contributed by atoms with van der Waals surface area (Å²) >= 11 is 1.67. The first-order valence-corrected chi connectivity index (χ1v) is 17.5. The standard InChI is InChI=1S/C36H46N6O2S/c1-24-31(8-5-9-33(24)45-4)36(44)39-29-21-27-7-6-16-42(32(27)22-29)34-15-12-28(23-37-34)35(43)38-25(2)26-10-13-30(14-11-26)41-19-17-40(3)18-20-41/h5,8-15,23,25,27,29,32H,6-7,16-22H2,1-4H3,(H,38,43)(H,39,44)/t25-,27?,29?,32?/m0/s1. The number of piperidine rings is 1. The van der Waals surface area contributed by atoms with Crippen LogP contribution >= 0.6 is 11.8 Å². The van der Waals surface area contributed by atoms with Crippen LogP contribution in [0.4, 0.5) is 11.5 Å². The zero-order chi connectivity index (χ0) is 31.5. The normalized spacial score (nSPS) is 22.5. The van der Waals surface area contributed by atoms with Gasteiger partial charge in [0.05, 0.1) is 11.6 Å². The van der Waals surface area contributed by atoms with Gasteiger partial charge in [-0.1, -0.05) is 18.2 Å². The molecule has 1 aromatic heterocycles. The first-order chi connectivity index (χ1) is 21.8. The lowest BCUT2D eigenvalue weighted by molar-refractivity contribution is 0.0929. The third-order valence-corrected chi connectivity index (χ3v) is 10.9. The van der Waals surface area contributed by atoms with Crippen LogP contribution in [0.25, 0.3) is 0 Å². The molecule has 0 radical (unpaired) electrons. The molecule has 4 atom stereocenters. The second-order valence-electron chi connectivity index (χ2n) is 12.9. The van der Waals surface area contributed by atoms with Crippen molar-refractivity contribution in [1.82, 2.24) is 20.5 Å². The van der Waals surface area contributed by atoms with Crippen LogP contribution < -0.4 is 20.4 Å². The predicted molar refractivity (Wildman–Crippen MR) is 184 cm³/mol. The van der Waals surface area contributed by atoms with Gasteiger partial charge in [0.15, 0.2) is 0 Å². The van der Waals surface area contributed by atoms with Gasteiger partial charge in [-0.3, -0.25) is 9.59 Å². The van der Waals surface area contributed by atoms with Gasteiger partial charge in [-0.05, 0) is 106 Å². The van der Waals surface area contributed by atoms with Gasteiger partial charge < -0.3 is 25.3 Å². The van der Waals surface area contributed by atoms with E-state index in [1.807, 2.05) is 44.4 Å². The van der Waals surface area contributed by atoms with E-state index in [0.717, 1.165) is 79.4 Å². The Bertz CT molecular complexity index is 1490. The van der Waals surface area contributed by atoms with E-state index in [-0.39, 0.29) is 23.9 Å². The van der Waals surface area contributed by atoms with E-state index >= 15 is 0 Å². The third kappa shape index (κ3) is 6.99. The van der Waals surface area contributed by atoms with Crippen molar-refractivity contribution in [2.24, 2.45) is 5.92 Å². The Morgan fingerprint density at radius 1 is 0.956 bits per heavy atom. The molecule has 3 heterocycles. The van der Waals surface area contributed by atoms with Gasteiger partial charge in [0.2, 0.25) is 0 Å². The molecule has 2 N–H and O–H groups in total. The van der Waals surface area contributed by atoms with Crippen molar-refractivity contribution in [3.05, 3.63) is 83.0 Å². The van der Waals surface area contributed by atoms with E-state index in [1.165, 1.54) is 12.1 Å². The van der Waals surface area contributed by atoms with Gasteiger partial charge in [0.25, 0.3) is 11.8 Å². The van der Waals surface area contributed by atoms with Crippen molar-refractivity contribution >= 4 is 35.1 Å². The van der Waals surface area contributed by atoms with Crippen molar-refractivity contribution in [3.63, 3.8) is 0 Å². The minimum atomic E-state index is -0.120. The van der Waals surface area contributed by atoms with Crippen LogP contribution in [0.2, 0.25) is 0 Å². The second kappa shape index (κ2) is 13.8. The van der Waals surface area contributed by atoms with Gasteiger partial charge in [-0.25, -0.2) is 4.98 Å². The molecule has 8 nitrogen and oxygen atoms in total. The van der Waals surface area contributed by atoms with Crippen molar-refractivity contribution < 1.29 is 9.59 Å². The number of hydrogen-bond donors (Lipinski definition) is 2. The predicted octanol–water partition coefficient (Wildman–Crippen LogP) is 5.53. The van der Waals surface area contributed by atoms with Gasteiger partial charge in [0, 0.05) is 67.2 Å². The summed E-state index contributed by atoms with van der Waals surface area (Å²) in [5, 5.41) is 6.49. The fourth-order valence-electron chi connectivity index (χ4n) is 7.32. The monoisotopic (exact) mass is 626 g/mol. The highest BCUT2D eigenvalue weighted by Gasteiger charge is 2.41. The van der Waals surface area contributed by atoms with Gasteiger partial charge in [-0.2, -0.15) is 0 Å². The Morgan fingerprint density at radius 3 is 2.44 bits per heavy atom. The van der Waals surface area contributed by atoms with Crippen molar-refractivity contribution in [2.45, 2.75) is 62.6 Å². The molecule has 2 amide bonds. The number of benzene rings is 2. The highest BCUT2D eigenvalue weighted by atomic mass is 32.2. The van der Waals surface area contributed by atoms with Crippen LogP contribution in [-0.2, 0) is 0 Å². The Morgan fingerprint density at radius 2 is 1.73 bits per heavy atom. The Hall–Kier alpha value is -3.56. The van der Waals surface area contributed by atoms with Crippen LogP contribution in [0.3, 0.4) is 0 Å². The minimum absolute atomic E-state index is 0.0206. The van der Waals surface area contributed by atoms with Crippen LogP contribution in [-0.4, -0.2) is 79.8 Å². The molecule has 0 bridgehead atoms. The number of piperazine rings is 1. The second-order valence-corrected chi connectivity index (χ2v) is 13.8.